The lowest BCUT2D eigenvalue weighted by atomic mass is 10.2. The molecule has 2 fully saturated rings. The maximum atomic E-state index is 5.94. The monoisotopic (exact) mass is 424 g/mol. The first kappa shape index (κ1) is 20.9. The molecule has 1 aromatic carbocycles. The van der Waals surface area contributed by atoms with Crippen LogP contribution >= 0.6 is 0 Å². The minimum atomic E-state index is 0.472. The summed E-state index contributed by atoms with van der Waals surface area (Å²) in [6.07, 6.45) is 1.61. The van der Waals surface area contributed by atoms with Crippen LogP contribution in [0.25, 0.3) is 0 Å². The molecule has 0 spiro atoms. The summed E-state index contributed by atoms with van der Waals surface area (Å²) < 4.78 is 16.8. The van der Waals surface area contributed by atoms with Crippen molar-refractivity contribution in [3.8, 4) is 5.88 Å². The topological polar surface area (TPSA) is 84.3 Å². The molecule has 2 aliphatic heterocycles. The van der Waals surface area contributed by atoms with Crippen molar-refractivity contribution in [2.45, 2.75) is 6.92 Å². The number of anilines is 2. The van der Waals surface area contributed by atoms with Crippen LogP contribution < -0.4 is 15.1 Å². The molecule has 2 aliphatic rings. The number of hydrazone groups is 1. The van der Waals surface area contributed by atoms with Gasteiger partial charge in [-0.3, -0.25) is 5.43 Å². The fourth-order valence-corrected chi connectivity index (χ4v) is 3.38. The third-order valence-electron chi connectivity index (χ3n) is 5.03. The number of benzene rings is 1. The zero-order valence-electron chi connectivity index (χ0n) is 17.8. The van der Waals surface area contributed by atoms with Crippen LogP contribution in [0, 0.1) is 6.92 Å². The Bertz CT molecular complexity index is 929. The van der Waals surface area contributed by atoms with Crippen molar-refractivity contribution in [2.24, 2.45) is 5.10 Å². The highest BCUT2D eigenvalue weighted by molar-refractivity contribution is 5.76. The van der Waals surface area contributed by atoms with Gasteiger partial charge in [-0.2, -0.15) is 10.1 Å². The second-order valence-electron chi connectivity index (χ2n) is 7.34. The Morgan fingerprint density at radius 3 is 2.84 bits per heavy atom. The van der Waals surface area contributed by atoms with Crippen molar-refractivity contribution in [2.75, 3.05) is 62.9 Å². The molecule has 9 nitrogen and oxygen atoms in total. The van der Waals surface area contributed by atoms with Crippen LogP contribution in [-0.2, 0) is 9.47 Å². The van der Waals surface area contributed by atoms with E-state index in [4.69, 9.17) is 14.2 Å². The molecule has 0 saturated carbocycles. The van der Waals surface area contributed by atoms with E-state index in [1.54, 1.807) is 6.21 Å². The Morgan fingerprint density at radius 2 is 2.06 bits per heavy atom. The fraction of sp³-hybridized carbons (Fsp3) is 0.409. The number of nitrogens with one attached hydrogen (secondary N) is 1. The molecule has 2 aromatic rings. The molecular formula is C22H28N6O3. The van der Waals surface area contributed by atoms with Crippen LogP contribution in [0.15, 0.2) is 47.9 Å². The quantitative estimate of drug-likeness (QED) is 0.510. The van der Waals surface area contributed by atoms with Crippen LogP contribution in [0.3, 0.4) is 0 Å². The smallest absolute Gasteiger partial charge is 0.219 e. The van der Waals surface area contributed by atoms with Crippen LogP contribution in [-0.4, -0.2) is 73.7 Å². The van der Waals surface area contributed by atoms with Crippen molar-refractivity contribution in [1.29, 1.82) is 0 Å². The lowest BCUT2D eigenvalue weighted by Crippen LogP contribution is -2.37. The predicted octanol–water partition coefficient (Wildman–Crippen LogP) is 2.25. The van der Waals surface area contributed by atoms with E-state index in [-0.39, 0.29) is 0 Å². The SMILES string of the molecule is C=C1OCCN1CCOc1cc(N2CCOCC2)nc(/C=N/Nc2cccc(C)c2)n1. The van der Waals surface area contributed by atoms with Crippen molar-refractivity contribution in [3.05, 3.63) is 54.2 Å². The molecule has 31 heavy (non-hydrogen) atoms. The Hall–Kier alpha value is -3.33. The molecule has 0 amide bonds. The summed E-state index contributed by atoms with van der Waals surface area (Å²) in [6, 6.07) is 9.87. The Morgan fingerprint density at radius 1 is 1.19 bits per heavy atom. The maximum absolute atomic E-state index is 5.94. The number of ether oxygens (including phenoxy) is 3. The van der Waals surface area contributed by atoms with Crippen LogP contribution in [0.2, 0.25) is 0 Å². The summed E-state index contributed by atoms with van der Waals surface area (Å²) >= 11 is 0. The van der Waals surface area contributed by atoms with Gasteiger partial charge in [-0.15, -0.1) is 0 Å². The zero-order chi connectivity index (χ0) is 21.5. The predicted molar refractivity (Wildman–Crippen MR) is 120 cm³/mol. The third-order valence-corrected chi connectivity index (χ3v) is 5.03. The van der Waals surface area contributed by atoms with Gasteiger partial charge in [-0.1, -0.05) is 12.1 Å². The van der Waals surface area contributed by atoms with Gasteiger partial charge in [-0.05, 0) is 31.2 Å². The van der Waals surface area contributed by atoms with E-state index in [9.17, 15) is 0 Å². The molecule has 0 bridgehead atoms. The third kappa shape index (κ3) is 5.85. The molecule has 4 rings (SSSR count). The number of aromatic nitrogens is 2. The van der Waals surface area contributed by atoms with Crippen molar-refractivity contribution in [3.63, 3.8) is 0 Å². The van der Waals surface area contributed by atoms with Gasteiger partial charge in [0.15, 0.2) is 11.7 Å². The minimum Gasteiger partial charge on any atom is -0.478 e. The molecule has 0 aliphatic carbocycles. The molecule has 0 unspecified atom stereocenters. The number of rotatable bonds is 8. The highest BCUT2D eigenvalue weighted by Gasteiger charge is 2.17. The van der Waals surface area contributed by atoms with E-state index >= 15 is 0 Å². The first-order valence-corrected chi connectivity index (χ1v) is 10.4. The summed E-state index contributed by atoms with van der Waals surface area (Å²) in [4.78, 5) is 13.4. The average molecular weight is 425 g/mol. The first-order valence-electron chi connectivity index (χ1n) is 10.4. The second-order valence-corrected chi connectivity index (χ2v) is 7.34. The summed E-state index contributed by atoms with van der Waals surface area (Å²) in [5.41, 5.74) is 5.09. The normalized spacial score (nSPS) is 16.6. The molecule has 2 saturated heterocycles. The number of morpholine rings is 1. The van der Waals surface area contributed by atoms with Gasteiger partial charge >= 0.3 is 0 Å². The number of nitrogens with zero attached hydrogens (tertiary/aromatic N) is 5. The van der Waals surface area contributed by atoms with E-state index in [1.807, 2.05) is 37.3 Å². The lowest BCUT2D eigenvalue weighted by molar-refractivity contribution is 0.122. The zero-order valence-corrected chi connectivity index (χ0v) is 17.8. The Kier molecular flexibility index (Phi) is 6.83. The minimum absolute atomic E-state index is 0.472. The summed E-state index contributed by atoms with van der Waals surface area (Å²) in [5, 5.41) is 4.30. The first-order chi connectivity index (χ1) is 15.2. The van der Waals surface area contributed by atoms with Crippen molar-refractivity contribution in [1.82, 2.24) is 14.9 Å². The van der Waals surface area contributed by atoms with E-state index < -0.39 is 0 Å². The molecule has 1 aromatic heterocycles. The van der Waals surface area contributed by atoms with E-state index in [2.05, 4.69) is 36.9 Å². The number of hydrogen-bond donors (Lipinski definition) is 1. The molecule has 164 valence electrons. The van der Waals surface area contributed by atoms with Crippen LogP contribution in [0.5, 0.6) is 5.88 Å². The van der Waals surface area contributed by atoms with Gasteiger partial charge in [-0.25, -0.2) is 4.98 Å². The summed E-state index contributed by atoms with van der Waals surface area (Å²) in [7, 11) is 0. The van der Waals surface area contributed by atoms with Gasteiger partial charge in [0, 0.05) is 19.2 Å². The van der Waals surface area contributed by atoms with Gasteiger partial charge in [0.05, 0.1) is 38.2 Å². The van der Waals surface area contributed by atoms with E-state index in [0.717, 1.165) is 36.7 Å². The molecular weight excluding hydrogens is 396 g/mol. The average Bonchev–Trinajstić information content (AvgIpc) is 3.19. The Balaban J connectivity index is 1.45. The second kappa shape index (κ2) is 10.1. The highest BCUT2D eigenvalue weighted by atomic mass is 16.5. The molecule has 0 radical (unpaired) electrons. The molecule has 3 heterocycles. The standard InChI is InChI=1S/C22H28N6O3/c1-17-4-3-5-19(14-17)26-23-16-20-24-21(28-6-10-29-11-7-28)15-22(25-20)31-13-9-27-8-12-30-18(27)2/h3-5,14-16,26H,2,6-13H2,1H3/b23-16+. The summed E-state index contributed by atoms with van der Waals surface area (Å²) in [6.45, 7) is 11.5. The van der Waals surface area contributed by atoms with Gasteiger partial charge in [0.1, 0.15) is 19.0 Å². The molecule has 1 N–H and O–H groups in total. The van der Waals surface area contributed by atoms with Gasteiger partial charge in [0.25, 0.3) is 0 Å². The van der Waals surface area contributed by atoms with Crippen LogP contribution in [0.4, 0.5) is 11.5 Å². The van der Waals surface area contributed by atoms with E-state index in [0.29, 0.717) is 50.6 Å². The fourth-order valence-electron chi connectivity index (χ4n) is 3.38. The number of aryl methyl sites for hydroxylation is 1. The number of hydrogen-bond acceptors (Lipinski definition) is 9. The van der Waals surface area contributed by atoms with Crippen molar-refractivity contribution >= 4 is 17.7 Å². The largest absolute Gasteiger partial charge is 0.478 e. The maximum Gasteiger partial charge on any atom is 0.219 e. The van der Waals surface area contributed by atoms with Crippen LogP contribution in [0.1, 0.15) is 11.4 Å². The molecule has 9 heteroatoms. The summed E-state index contributed by atoms with van der Waals surface area (Å²) in [5.74, 6) is 2.49. The lowest BCUT2D eigenvalue weighted by Gasteiger charge is -2.28. The Labute approximate surface area is 182 Å². The highest BCUT2D eigenvalue weighted by Crippen LogP contribution is 2.19. The molecule has 0 atom stereocenters. The van der Waals surface area contributed by atoms with Gasteiger partial charge in [0.2, 0.25) is 5.88 Å². The van der Waals surface area contributed by atoms with Gasteiger partial charge < -0.3 is 24.0 Å². The van der Waals surface area contributed by atoms with E-state index in [1.165, 1.54) is 0 Å². The van der Waals surface area contributed by atoms with Crippen molar-refractivity contribution < 1.29 is 14.2 Å².